The first-order valence-electron chi connectivity index (χ1n) is 6.08. The van der Waals surface area contributed by atoms with Crippen molar-refractivity contribution in [3.8, 4) is 0 Å². The van der Waals surface area contributed by atoms with Crippen LogP contribution in [-0.2, 0) is 6.54 Å². The van der Waals surface area contributed by atoms with Gasteiger partial charge in [-0.15, -0.1) is 0 Å². The van der Waals surface area contributed by atoms with Crippen LogP contribution in [-0.4, -0.2) is 17.1 Å². The van der Waals surface area contributed by atoms with E-state index < -0.39 is 23.4 Å². The highest BCUT2D eigenvalue weighted by Crippen LogP contribution is 2.15. The SMILES string of the molecule is Cc1ccc(CNC(=O)Nc2ccc(F)c(C(=O)O)c2)o1. The molecule has 0 fully saturated rings. The molecule has 0 saturated heterocycles. The Bertz CT molecular complexity index is 681. The van der Waals surface area contributed by atoms with Crippen LogP contribution in [0.3, 0.4) is 0 Å². The van der Waals surface area contributed by atoms with Crippen molar-refractivity contribution in [1.82, 2.24) is 5.32 Å². The van der Waals surface area contributed by atoms with E-state index in [1.165, 1.54) is 6.07 Å². The van der Waals surface area contributed by atoms with Crippen LogP contribution in [0, 0.1) is 12.7 Å². The molecule has 2 aromatic rings. The summed E-state index contributed by atoms with van der Waals surface area (Å²) in [4.78, 5) is 22.4. The fourth-order valence-corrected chi connectivity index (χ4v) is 1.69. The Morgan fingerprint density at radius 3 is 2.67 bits per heavy atom. The topological polar surface area (TPSA) is 91.6 Å². The monoisotopic (exact) mass is 292 g/mol. The van der Waals surface area contributed by atoms with E-state index in [9.17, 15) is 14.0 Å². The van der Waals surface area contributed by atoms with E-state index in [0.29, 0.717) is 5.76 Å². The molecule has 2 rings (SSSR count). The summed E-state index contributed by atoms with van der Waals surface area (Å²) in [5, 5.41) is 13.8. The summed E-state index contributed by atoms with van der Waals surface area (Å²) in [7, 11) is 0. The molecule has 0 aliphatic heterocycles. The molecule has 0 radical (unpaired) electrons. The minimum Gasteiger partial charge on any atom is -0.478 e. The van der Waals surface area contributed by atoms with Gasteiger partial charge in [0, 0.05) is 5.69 Å². The standard InChI is InChI=1S/C14H13FN2O4/c1-8-2-4-10(21-8)7-16-14(20)17-9-3-5-12(15)11(6-9)13(18)19/h2-6H,7H2,1H3,(H,18,19)(H2,16,17,20). The molecule has 3 N–H and O–H groups in total. The van der Waals surface area contributed by atoms with Crippen molar-refractivity contribution in [2.24, 2.45) is 0 Å². The number of aryl methyl sites for hydroxylation is 1. The molecule has 0 atom stereocenters. The van der Waals surface area contributed by atoms with E-state index in [0.717, 1.165) is 17.9 Å². The summed E-state index contributed by atoms with van der Waals surface area (Å²) < 4.78 is 18.5. The molecule has 0 unspecified atom stereocenters. The van der Waals surface area contributed by atoms with E-state index in [1.807, 2.05) is 0 Å². The Hall–Kier alpha value is -2.83. The zero-order chi connectivity index (χ0) is 15.4. The Kier molecular flexibility index (Phi) is 4.22. The van der Waals surface area contributed by atoms with Gasteiger partial charge in [-0.1, -0.05) is 0 Å². The molecule has 0 aliphatic carbocycles. The van der Waals surface area contributed by atoms with Crippen LogP contribution in [0.15, 0.2) is 34.7 Å². The molecule has 21 heavy (non-hydrogen) atoms. The quantitative estimate of drug-likeness (QED) is 0.808. The number of aromatic carboxylic acids is 1. The second-order valence-corrected chi connectivity index (χ2v) is 4.32. The van der Waals surface area contributed by atoms with Crippen molar-refractivity contribution in [3.63, 3.8) is 0 Å². The number of hydrogen-bond acceptors (Lipinski definition) is 3. The maximum Gasteiger partial charge on any atom is 0.338 e. The highest BCUT2D eigenvalue weighted by Gasteiger charge is 2.12. The van der Waals surface area contributed by atoms with Gasteiger partial charge >= 0.3 is 12.0 Å². The van der Waals surface area contributed by atoms with E-state index >= 15 is 0 Å². The summed E-state index contributed by atoms with van der Waals surface area (Å²) >= 11 is 0. The molecule has 0 saturated carbocycles. The molecule has 1 heterocycles. The maximum absolute atomic E-state index is 13.2. The highest BCUT2D eigenvalue weighted by molar-refractivity contribution is 5.93. The number of carbonyl (C=O) groups excluding carboxylic acids is 1. The summed E-state index contributed by atoms with van der Waals surface area (Å²) in [6.45, 7) is 1.97. The Balaban J connectivity index is 1.96. The predicted octanol–water partition coefficient (Wildman–Crippen LogP) is 2.75. The van der Waals surface area contributed by atoms with Crippen molar-refractivity contribution in [3.05, 3.63) is 53.2 Å². The number of nitrogens with one attached hydrogen (secondary N) is 2. The van der Waals surface area contributed by atoms with E-state index in [1.54, 1.807) is 19.1 Å². The minimum atomic E-state index is -1.40. The number of hydrogen-bond donors (Lipinski definition) is 3. The van der Waals surface area contributed by atoms with Gasteiger partial charge in [-0.25, -0.2) is 14.0 Å². The zero-order valence-corrected chi connectivity index (χ0v) is 11.1. The number of amides is 2. The molecule has 1 aromatic carbocycles. The Morgan fingerprint density at radius 2 is 2.05 bits per heavy atom. The van der Waals surface area contributed by atoms with Gasteiger partial charge in [0.05, 0.1) is 12.1 Å². The molecule has 6 nitrogen and oxygen atoms in total. The second-order valence-electron chi connectivity index (χ2n) is 4.32. The molecule has 7 heteroatoms. The number of furan rings is 1. The number of carboxylic acid groups (broad SMARTS) is 1. The third-order valence-electron chi connectivity index (χ3n) is 2.67. The molecular weight excluding hydrogens is 279 g/mol. The first kappa shape index (κ1) is 14.6. The van der Waals surface area contributed by atoms with Gasteiger partial charge in [0.15, 0.2) is 0 Å². The lowest BCUT2D eigenvalue weighted by atomic mass is 10.2. The minimum absolute atomic E-state index is 0.182. The van der Waals surface area contributed by atoms with E-state index in [-0.39, 0.29) is 12.2 Å². The van der Waals surface area contributed by atoms with Crippen LogP contribution >= 0.6 is 0 Å². The number of anilines is 1. The van der Waals surface area contributed by atoms with Gasteiger partial charge in [0.2, 0.25) is 0 Å². The first-order valence-corrected chi connectivity index (χ1v) is 6.08. The highest BCUT2D eigenvalue weighted by atomic mass is 19.1. The molecule has 2 amide bonds. The van der Waals surface area contributed by atoms with E-state index in [2.05, 4.69) is 10.6 Å². The van der Waals surface area contributed by atoms with Gasteiger partial charge < -0.3 is 20.2 Å². The number of carboxylic acids is 1. The second kappa shape index (κ2) is 6.08. The molecule has 0 bridgehead atoms. The van der Waals surface area contributed by atoms with Crippen LogP contribution in [0.5, 0.6) is 0 Å². The average Bonchev–Trinajstić information content (AvgIpc) is 2.84. The number of urea groups is 1. The molecule has 1 aromatic heterocycles. The predicted molar refractivity (Wildman–Crippen MR) is 72.7 cm³/mol. The van der Waals surface area contributed by atoms with Gasteiger partial charge in [0.1, 0.15) is 17.3 Å². The lowest BCUT2D eigenvalue weighted by molar-refractivity contribution is 0.0692. The fourth-order valence-electron chi connectivity index (χ4n) is 1.69. The van der Waals surface area contributed by atoms with Crippen molar-refractivity contribution in [2.75, 3.05) is 5.32 Å². The average molecular weight is 292 g/mol. The summed E-state index contributed by atoms with van der Waals surface area (Å²) in [6.07, 6.45) is 0. The number of carbonyl (C=O) groups is 2. The summed E-state index contributed by atoms with van der Waals surface area (Å²) in [5.74, 6) is -0.938. The fraction of sp³-hybridized carbons (Fsp3) is 0.143. The zero-order valence-electron chi connectivity index (χ0n) is 11.1. The van der Waals surface area contributed by atoms with Crippen molar-refractivity contribution in [2.45, 2.75) is 13.5 Å². The van der Waals surface area contributed by atoms with Crippen LogP contribution in [0.25, 0.3) is 0 Å². The molecular formula is C14H13FN2O4. The normalized spacial score (nSPS) is 10.2. The maximum atomic E-state index is 13.2. The van der Waals surface area contributed by atoms with Crippen molar-refractivity contribution in [1.29, 1.82) is 0 Å². The van der Waals surface area contributed by atoms with E-state index in [4.69, 9.17) is 9.52 Å². The summed E-state index contributed by atoms with van der Waals surface area (Å²) in [5.41, 5.74) is -0.323. The van der Waals surface area contributed by atoms with Crippen LogP contribution in [0.4, 0.5) is 14.9 Å². The van der Waals surface area contributed by atoms with Crippen LogP contribution in [0.2, 0.25) is 0 Å². The molecule has 0 aliphatic rings. The number of halogens is 1. The first-order chi connectivity index (χ1) is 9.95. The van der Waals surface area contributed by atoms with Crippen LogP contribution in [0.1, 0.15) is 21.9 Å². The number of rotatable bonds is 4. The Labute approximate surface area is 119 Å². The van der Waals surface area contributed by atoms with Crippen molar-refractivity contribution < 1.29 is 23.5 Å². The van der Waals surface area contributed by atoms with Gasteiger partial charge in [0.25, 0.3) is 0 Å². The smallest absolute Gasteiger partial charge is 0.338 e. The molecule has 110 valence electrons. The van der Waals surface area contributed by atoms with Crippen molar-refractivity contribution >= 4 is 17.7 Å². The Morgan fingerprint density at radius 1 is 1.29 bits per heavy atom. The number of benzene rings is 1. The largest absolute Gasteiger partial charge is 0.478 e. The summed E-state index contributed by atoms with van der Waals surface area (Å²) in [6, 6.07) is 6.26. The third kappa shape index (κ3) is 3.82. The van der Waals surface area contributed by atoms with Gasteiger partial charge in [-0.2, -0.15) is 0 Å². The lowest BCUT2D eigenvalue weighted by Gasteiger charge is -2.07. The van der Waals surface area contributed by atoms with Gasteiger partial charge in [-0.3, -0.25) is 0 Å². The lowest BCUT2D eigenvalue weighted by Crippen LogP contribution is -2.28. The third-order valence-corrected chi connectivity index (χ3v) is 2.67. The molecule has 0 spiro atoms. The van der Waals surface area contributed by atoms with Crippen LogP contribution < -0.4 is 10.6 Å². The van der Waals surface area contributed by atoms with Gasteiger partial charge in [-0.05, 0) is 37.3 Å².